The van der Waals surface area contributed by atoms with Crippen LogP contribution in [-0.2, 0) is 11.2 Å². The average molecular weight is 258 g/mol. The van der Waals surface area contributed by atoms with Crippen molar-refractivity contribution >= 4 is 5.91 Å². The Kier molecular flexibility index (Phi) is 2.88. The number of amides is 1. The van der Waals surface area contributed by atoms with Crippen LogP contribution < -0.4 is 0 Å². The predicted molar refractivity (Wildman–Crippen MR) is 74.8 cm³/mol. The van der Waals surface area contributed by atoms with Gasteiger partial charge in [-0.3, -0.25) is 9.78 Å². The molecule has 19 heavy (non-hydrogen) atoms. The molecule has 2 unspecified atom stereocenters. The maximum Gasteiger partial charge on any atom is 0.227 e. The Morgan fingerprint density at radius 3 is 2.68 bits per heavy atom. The summed E-state index contributed by atoms with van der Waals surface area (Å²) in [6, 6.07) is 4.05. The van der Waals surface area contributed by atoms with E-state index in [1.54, 1.807) is 0 Å². The minimum absolute atomic E-state index is 0.282. The molecule has 1 aliphatic carbocycles. The largest absolute Gasteiger partial charge is 0.342 e. The zero-order valence-electron chi connectivity index (χ0n) is 12.1. The van der Waals surface area contributed by atoms with Crippen LogP contribution in [0.25, 0.3) is 0 Å². The Morgan fingerprint density at radius 2 is 2.11 bits per heavy atom. The van der Waals surface area contributed by atoms with E-state index in [1.165, 1.54) is 12.8 Å². The monoisotopic (exact) mass is 258 g/mol. The molecule has 2 heterocycles. The van der Waals surface area contributed by atoms with Gasteiger partial charge in [0, 0.05) is 24.5 Å². The van der Waals surface area contributed by atoms with Gasteiger partial charge in [0.15, 0.2) is 0 Å². The summed E-state index contributed by atoms with van der Waals surface area (Å²) in [6.45, 7) is 8.19. The molecule has 102 valence electrons. The van der Waals surface area contributed by atoms with Gasteiger partial charge in [0.2, 0.25) is 5.91 Å². The van der Waals surface area contributed by atoms with Crippen molar-refractivity contribution in [1.82, 2.24) is 9.88 Å². The molecule has 2 fully saturated rings. The van der Waals surface area contributed by atoms with Crippen LogP contribution >= 0.6 is 0 Å². The first-order valence-corrected chi connectivity index (χ1v) is 7.24. The number of nitrogens with zero attached hydrogens (tertiary/aromatic N) is 2. The molecule has 1 saturated heterocycles. The van der Waals surface area contributed by atoms with E-state index in [-0.39, 0.29) is 5.91 Å². The van der Waals surface area contributed by atoms with Gasteiger partial charge in [-0.1, -0.05) is 6.92 Å². The lowest BCUT2D eigenvalue weighted by Crippen LogP contribution is -2.33. The number of pyridine rings is 1. The Balaban J connectivity index is 1.66. The highest BCUT2D eigenvalue weighted by Crippen LogP contribution is 2.59. The molecule has 0 spiro atoms. The highest BCUT2D eigenvalue weighted by Gasteiger charge is 2.59. The number of carbonyl (C=O) groups is 1. The quantitative estimate of drug-likeness (QED) is 0.834. The van der Waals surface area contributed by atoms with Gasteiger partial charge < -0.3 is 4.90 Å². The number of hydrogen-bond acceptors (Lipinski definition) is 2. The fourth-order valence-corrected chi connectivity index (χ4v) is 3.64. The number of aromatic nitrogens is 1. The number of fused-ring (bicyclic) bond motifs is 1. The lowest BCUT2D eigenvalue weighted by Gasteiger charge is -2.20. The van der Waals surface area contributed by atoms with Gasteiger partial charge >= 0.3 is 0 Å². The van der Waals surface area contributed by atoms with Crippen molar-refractivity contribution in [3.05, 3.63) is 29.1 Å². The van der Waals surface area contributed by atoms with E-state index in [1.807, 2.05) is 26.0 Å². The number of hydrogen-bond donors (Lipinski definition) is 0. The maximum absolute atomic E-state index is 12.4. The number of likely N-dealkylation sites (tertiary alicyclic amines) is 1. The molecular formula is C16H22N2O. The van der Waals surface area contributed by atoms with Gasteiger partial charge in [0.25, 0.3) is 0 Å². The van der Waals surface area contributed by atoms with E-state index in [9.17, 15) is 4.79 Å². The van der Waals surface area contributed by atoms with E-state index in [4.69, 9.17) is 0 Å². The molecule has 3 heteroatoms. The number of carbonyl (C=O) groups excluding carboxylic acids is 1. The second-order valence-corrected chi connectivity index (χ2v) is 6.33. The minimum Gasteiger partial charge on any atom is -0.342 e. The lowest BCUT2D eigenvalue weighted by atomic mass is 10.0. The Morgan fingerprint density at radius 1 is 1.42 bits per heavy atom. The van der Waals surface area contributed by atoms with Crippen molar-refractivity contribution in [2.75, 3.05) is 13.1 Å². The Bertz CT molecular complexity index is 501. The molecule has 1 aromatic rings. The summed E-state index contributed by atoms with van der Waals surface area (Å²) in [6.07, 6.45) is 3.08. The molecule has 0 N–H and O–H groups in total. The summed E-state index contributed by atoms with van der Waals surface area (Å²) >= 11 is 0. The van der Waals surface area contributed by atoms with E-state index in [2.05, 4.69) is 16.8 Å². The van der Waals surface area contributed by atoms with Crippen LogP contribution in [0.5, 0.6) is 0 Å². The summed E-state index contributed by atoms with van der Waals surface area (Å²) < 4.78 is 0. The average Bonchev–Trinajstić information content (AvgIpc) is 2.90. The van der Waals surface area contributed by atoms with E-state index in [0.29, 0.717) is 11.8 Å². The van der Waals surface area contributed by atoms with Gasteiger partial charge in [-0.15, -0.1) is 0 Å². The fourth-order valence-electron chi connectivity index (χ4n) is 3.64. The standard InChI is InChI=1S/C16H22N2O/c1-4-16-8-14(16)9-18(10-16)15(19)7-13-5-11(2)17-12(3)6-13/h5-6,14H,4,7-10H2,1-3H3. The van der Waals surface area contributed by atoms with Gasteiger partial charge in [0.1, 0.15) is 0 Å². The van der Waals surface area contributed by atoms with E-state index in [0.717, 1.165) is 36.0 Å². The summed E-state index contributed by atoms with van der Waals surface area (Å²) in [7, 11) is 0. The van der Waals surface area contributed by atoms with Crippen LogP contribution in [0, 0.1) is 25.2 Å². The van der Waals surface area contributed by atoms with E-state index < -0.39 is 0 Å². The van der Waals surface area contributed by atoms with Crippen molar-refractivity contribution in [2.45, 2.75) is 40.0 Å². The zero-order valence-corrected chi connectivity index (χ0v) is 12.1. The molecule has 0 bridgehead atoms. The highest BCUT2D eigenvalue weighted by atomic mass is 16.2. The van der Waals surface area contributed by atoms with Crippen LogP contribution in [0.3, 0.4) is 0 Å². The molecule has 1 aliphatic heterocycles. The first-order chi connectivity index (χ1) is 9.02. The minimum atomic E-state index is 0.282. The zero-order chi connectivity index (χ0) is 13.6. The third-order valence-electron chi connectivity index (χ3n) is 4.86. The molecule has 1 amide bonds. The number of aryl methyl sites for hydroxylation is 2. The fraction of sp³-hybridized carbons (Fsp3) is 0.625. The highest BCUT2D eigenvalue weighted by molar-refractivity contribution is 5.79. The molecule has 1 saturated carbocycles. The molecule has 3 rings (SSSR count). The van der Waals surface area contributed by atoms with Crippen molar-refractivity contribution < 1.29 is 4.79 Å². The van der Waals surface area contributed by atoms with Crippen LogP contribution in [0.4, 0.5) is 0 Å². The van der Waals surface area contributed by atoms with Crippen LogP contribution in [0.1, 0.15) is 36.7 Å². The first kappa shape index (κ1) is 12.6. The molecule has 1 aromatic heterocycles. The van der Waals surface area contributed by atoms with Gasteiger partial charge in [-0.25, -0.2) is 0 Å². The topological polar surface area (TPSA) is 33.2 Å². The van der Waals surface area contributed by atoms with Crippen LogP contribution in [0.15, 0.2) is 12.1 Å². The third-order valence-corrected chi connectivity index (χ3v) is 4.86. The summed E-state index contributed by atoms with van der Waals surface area (Å²) in [5.74, 6) is 1.06. The Hall–Kier alpha value is -1.38. The molecular weight excluding hydrogens is 236 g/mol. The summed E-state index contributed by atoms with van der Waals surface area (Å²) in [5.41, 5.74) is 3.58. The van der Waals surface area contributed by atoms with Crippen molar-refractivity contribution in [3.8, 4) is 0 Å². The molecule has 2 aliphatic rings. The summed E-state index contributed by atoms with van der Waals surface area (Å²) in [4.78, 5) is 18.8. The van der Waals surface area contributed by atoms with Crippen LogP contribution in [0.2, 0.25) is 0 Å². The van der Waals surface area contributed by atoms with Crippen molar-refractivity contribution in [1.29, 1.82) is 0 Å². The number of rotatable bonds is 3. The van der Waals surface area contributed by atoms with E-state index >= 15 is 0 Å². The molecule has 0 aromatic carbocycles. The molecule has 3 nitrogen and oxygen atoms in total. The maximum atomic E-state index is 12.4. The lowest BCUT2D eigenvalue weighted by molar-refractivity contribution is -0.130. The third kappa shape index (κ3) is 2.26. The number of piperidine rings is 1. The molecule has 0 radical (unpaired) electrons. The first-order valence-electron chi connectivity index (χ1n) is 7.24. The SMILES string of the molecule is CCC12CC1CN(C(=O)Cc1cc(C)nc(C)c1)C2. The van der Waals surface area contributed by atoms with Crippen molar-refractivity contribution in [2.24, 2.45) is 11.3 Å². The van der Waals surface area contributed by atoms with Gasteiger partial charge in [-0.2, -0.15) is 0 Å². The predicted octanol–water partition coefficient (Wildman–Crippen LogP) is 2.50. The Labute approximate surface area is 115 Å². The molecule has 2 atom stereocenters. The second-order valence-electron chi connectivity index (χ2n) is 6.33. The summed E-state index contributed by atoms with van der Waals surface area (Å²) in [5, 5.41) is 0. The van der Waals surface area contributed by atoms with Gasteiger partial charge in [-0.05, 0) is 55.7 Å². The normalized spacial score (nSPS) is 28.4. The smallest absolute Gasteiger partial charge is 0.227 e. The van der Waals surface area contributed by atoms with Crippen LogP contribution in [-0.4, -0.2) is 28.9 Å². The van der Waals surface area contributed by atoms with Gasteiger partial charge in [0.05, 0.1) is 6.42 Å². The van der Waals surface area contributed by atoms with Crippen molar-refractivity contribution in [3.63, 3.8) is 0 Å². The second kappa shape index (κ2) is 4.32.